The van der Waals surface area contributed by atoms with Crippen LogP contribution in [0.15, 0.2) is 10.7 Å². The average Bonchev–Trinajstić information content (AvgIpc) is 2.69. The molecule has 2 rings (SSSR count). The van der Waals surface area contributed by atoms with Crippen LogP contribution in [0.4, 0.5) is 0 Å². The van der Waals surface area contributed by atoms with Gasteiger partial charge < -0.3 is 5.73 Å². The lowest BCUT2D eigenvalue weighted by molar-refractivity contribution is 0.666. The van der Waals surface area contributed by atoms with Crippen LogP contribution in [0, 0.1) is 13.8 Å². The van der Waals surface area contributed by atoms with Gasteiger partial charge in [0.15, 0.2) is 0 Å². The highest BCUT2D eigenvalue weighted by molar-refractivity contribution is 9.10. The standard InChI is InChI=1S/C11H16BrN5/c1-6-9(7(2)16(3)15-6)10(13)11-8(12)5-14-17(11)4/h5,10H,13H2,1-4H3. The molecular weight excluding hydrogens is 282 g/mol. The van der Waals surface area contributed by atoms with Crippen LogP contribution in [0.5, 0.6) is 0 Å². The average molecular weight is 298 g/mol. The Kier molecular flexibility index (Phi) is 3.09. The highest BCUT2D eigenvalue weighted by Crippen LogP contribution is 2.29. The molecule has 0 amide bonds. The van der Waals surface area contributed by atoms with Gasteiger partial charge in [-0.3, -0.25) is 9.36 Å². The summed E-state index contributed by atoms with van der Waals surface area (Å²) in [5, 5.41) is 8.58. The molecule has 2 heterocycles. The molecule has 0 aliphatic heterocycles. The predicted molar refractivity (Wildman–Crippen MR) is 69.6 cm³/mol. The lowest BCUT2D eigenvalue weighted by Gasteiger charge is -2.13. The molecule has 17 heavy (non-hydrogen) atoms. The Labute approximate surface area is 109 Å². The van der Waals surface area contributed by atoms with Crippen LogP contribution in [-0.4, -0.2) is 19.6 Å². The van der Waals surface area contributed by atoms with Gasteiger partial charge in [-0.2, -0.15) is 10.2 Å². The van der Waals surface area contributed by atoms with E-state index in [0.717, 1.165) is 27.1 Å². The van der Waals surface area contributed by atoms with Gasteiger partial charge in [0, 0.05) is 25.4 Å². The molecule has 0 radical (unpaired) electrons. The van der Waals surface area contributed by atoms with Gasteiger partial charge in [-0.25, -0.2) is 0 Å². The van der Waals surface area contributed by atoms with E-state index >= 15 is 0 Å². The van der Waals surface area contributed by atoms with E-state index in [9.17, 15) is 0 Å². The molecule has 0 saturated heterocycles. The molecule has 0 aliphatic carbocycles. The Morgan fingerprint density at radius 1 is 1.29 bits per heavy atom. The first kappa shape index (κ1) is 12.3. The van der Waals surface area contributed by atoms with Gasteiger partial charge in [0.1, 0.15) is 0 Å². The number of nitrogens with two attached hydrogens (primary N) is 1. The molecule has 6 heteroatoms. The van der Waals surface area contributed by atoms with Crippen molar-refractivity contribution >= 4 is 15.9 Å². The lowest BCUT2D eigenvalue weighted by atomic mass is 10.0. The SMILES string of the molecule is Cc1nn(C)c(C)c1C(N)c1c(Br)cnn1C. The third-order valence-corrected chi connectivity index (χ3v) is 3.72. The number of hydrogen-bond donors (Lipinski definition) is 1. The highest BCUT2D eigenvalue weighted by Gasteiger charge is 2.22. The Hall–Kier alpha value is -1.14. The fraction of sp³-hybridized carbons (Fsp3) is 0.455. The minimum Gasteiger partial charge on any atom is -0.319 e. The normalized spacial score (nSPS) is 13.1. The zero-order chi connectivity index (χ0) is 12.7. The summed E-state index contributed by atoms with van der Waals surface area (Å²) < 4.78 is 4.57. The van der Waals surface area contributed by atoms with Crippen molar-refractivity contribution in [3.63, 3.8) is 0 Å². The number of aromatic nitrogens is 4. The maximum Gasteiger partial charge on any atom is 0.0770 e. The molecule has 1 unspecified atom stereocenters. The molecule has 2 N–H and O–H groups in total. The summed E-state index contributed by atoms with van der Waals surface area (Å²) in [6, 6.07) is -0.217. The lowest BCUT2D eigenvalue weighted by Crippen LogP contribution is -2.18. The summed E-state index contributed by atoms with van der Waals surface area (Å²) in [5.74, 6) is 0. The maximum absolute atomic E-state index is 6.33. The van der Waals surface area contributed by atoms with E-state index in [0.29, 0.717) is 0 Å². The van der Waals surface area contributed by atoms with Crippen LogP contribution < -0.4 is 5.73 Å². The van der Waals surface area contributed by atoms with Crippen molar-refractivity contribution < 1.29 is 0 Å². The quantitative estimate of drug-likeness (QED) is 0.915. The van der Waals surface area contributed by atoms with E-state index in [-0.39, 0.29) is 6.04 Å². The molecule has 0 saturated carbocycles. The summed E-state index contributed by atoms with van der Waals surface area (Å²) in [7, 11) is 3.82. The number of nitrogens with zero attached hydrogens (tertiary/aromatic N) is 4. The van der Waals surface area contributed by atoms with Crippen molar-refractivity contribution in [1.29, 1.82) is 0 Å². The van der Waals surface area contributed by atoms with Crippen LogP contribution in [-0.2, 0) is 14.1 Å². The Bertz CT molecular complexity index is 535. The smallest absolute Gasteiger partial charge is 0.0770 e. The van der Waals surface area contributed by atoms with Crippen molar-refractivity contribution in [2.45, 2.75) is 19.9 Å². The topological polar surface area (TPSA) is 61.7 Å². The van der Waals surface area contributed by atoms with Crippen molar-refractivity contribution in [2.24, 2.45) is 19.8 Å². The second-order valence-electron chi connectivity index (χ2n) is 4.19. The third-order valence-electron chi connectivity index (χ3n) is 3.11. The van der Waals surface area contributed by atoms with Gasteiger partial charge in [0.2, 0.25) is 0 Å². The van der Waals surface area contributed by atoms with Crippen molar-refractivity contribution in [2.75, 3.05) is 0 Å². The number of aryl methyl sites for hydroxylation is 3. The minimum absolute atomic E-state index is 0.217. The molecule has 92 valence electrons. The van der Waals surface area contributed by atoms with Gasteiger partial charge in [-0.15, -0.1) is 0 Å². The maximum atomic E-state index is 6.33. The van der Waals surface area contributed by atoms with Crippen LogP contribution in [0.1, 0.15) is 28.7 Å². The summed E-state index contributed by atoms with van der Waals surface area (Å²) >= 11 is 3.48. The first-order valence-electron chi connectivity index (χ1n) is 5.36. The molecular formula is C11H16BrN5. The Morgan fingerprint density at radius 2 is 1.94 bits per heavy atom. The molecule has 0 bridgehead atoms. The summed E-state index contributed by atoms with van der Waals surface area (Å²) in [6.45, 7) is 4.01. The number of rotatable bonds is 2. The van der Waals surface area contributed by atoms with Crippen LogP contribution in [0.2, 0.25) is 0 Å². The van der Waals surface area contributed by atoms with Gasteiger partial charge in [0.05, 0.1) is 28.1 Å². The van der Waals surface area contributed by atoms with E-state index in [4.69, 9.17) is 5.73 Å². The second kappa shape index (κ2) is 4.27. The fourth-order valence-electron chi connectivity index (χ4n) is 2.15. The minimum atomic E-state index is -0.217. The number of hydrogen-bond acceptors (Lipinski definition) is 3. The summed E-state index contributed by atoms with van der Waals surface area (Å²) in [5.41, 5.74) is 10.4. The molecule has 0 fully saturated rings. The van der Waals surface area contributed by atoms with Gasteiger partial charge in [0.25, 0.3) is 0 Å². The molecule has 1 atom stereocenters. The van der Waals surface area contributed by atoms with E-state index in [2.05, 4.69) is 26.1 Å². The van der Waals surface area contributed by atoms with E-state index in [1.54, 1.807) is 10.9 Å². The Morgan fingerprint density at radius 3 is 2.35 bits per heavy atom. The van der Waals surface area contributed by atoms with Gasteiger partial charge >= 0.3 is 0 Å². The summed E-state index contributed by atoms with van der Waals surface area (Å²) in [6.07, 6.45) is 1.76. The monoisotopic (exact) mass is 297 g/mol. The Balaban J connectivity index is 2.54. The first-order chi connectivity index (χ1) is 7.93. The number of halogens is 1. The van der Waals surface area contributed by atoms with Crippen molar-refractivity contribution in [3.8, 4) is 0 Å². The van der Waals surface area contributed by atoms with Gasteiger partial charge in [-0.1, -0.05) is 0 Å². The van der Waals surface area contributed by atoms with Crippen molar-refractivity contribution in [3.05, 3.63) is 33.3 Å². The molecule has 5 nitrogen and oxygen atoms in total. The zero-order valence-electron chi connectivity index (χ0n) is 10.4. The molecule has 0 aliphatic rings. The first-order valence-corrected chi connectivity index (χ1v) is 6.15. The highest BCUT2D eigenvalue weighted by atomic mass is 79.9. The largest absolute Gasteiger partial charge is 0.319 e. The fourth-order valence-corrected chi connectivity index (χ4v) is 2.74. The second-order valence-corrected chi connectivity index (χ2v) is 5.04. The molecule has 2 aromatic rings. The van der Waals surface area contributed by atoms with Crippen LogP contribution in [0.25, 0.3) is 0 Å². The summed E-state index contributed by atoms with van der Waals surface area (Å²) in [4.78, 5) is 0. The third kappa shape index (κ3) is 1.91. The van der Waals surface area contributed by atoms with Crippen LogP contribution in [0.3, 0.4) is 0 Å². The van der Waals surface area contributed by atoms with Crippen LogP contribution >= 0.6 is 15.9 Å². The van der Waals surface area contributed by atoms with E-state index in [1.807, 2.05) is 32.6 Å². The zero-order valence-corrected chi connectivity index (χ0v) is 12.0. The van der Waals surface area contributed by atoms with E-state index in [1.165, 1.54) is 0 Å². The molecule has 0 aromatic carbocycles. The van der Waals surface area contributed by atoms with Gasteiger partial charge in [-0.05, 0) is 29.8 Å². The predicted octanol–water partition coefficient (Wildman–Crippen LogP) is 1.58. The molecule has 2 aromatic heterocycles. The molecule has 0 spiro atoms. The van der Waals surface area contributed by atoms with Crippen molar-refractivity contribution in [1.82, 2.24) is 19.6 Å². The van der Waals surface area contributed by atoms with E-state index < -0.39 is 0 Å².